The van der Waals surface area contributed by atoms with Crippen LogP contribution >= 0.6 is 0 Å². The van der Waals surface area contributed by atoms with Gasteiger partial charge in [0.1, 0.15) is 0 Å². The van der Waals surface area contributed by atoms with Crippen LogP contribution in [0.1, 0.15) is 189 Å². The van der Waals surface area contributed by atoms with E-state index in [-0.39, 0.29) is 21.7 Å². The summed E-state index contributed by atoms with van der Waals surface area (Å²) >= 11 is 0. The summed E-state index contributed by atoms with van der Waals surface area (Å²) in [6.45, 7) is 11.9. The molecule has 252 valence electrons. The van der Waals surface area contributed by atoms with E-state index >= 15 is 0 Å². The van der Waals surface area contributed by atoms with Crippen molar-refractivity contribution in [1.29, 1.82) is 0 Å². The van der Waals surface area contributed by atoms with Crippen LogP contribution in [-0.4, -0.2) is 57.9 Å². The van der Waals surface area contributed by atoms with Crippen LogP contribution < -0.4 is 0 Å². The number of hydrogen-bond donors (Lipinski definition) is 5. The maximum absolute atomic E-state index is 10.3. The van der Waals surface area contributed by atoms with Gasteiger partial charge in [0.25, 0.3) is 0 Å². The molecule has 0 fully saturated rings. The molecule has 0 atom stereocenters. The Kier molecular flexibility index (Phi) is 82.7. The van der Waals surface area contributed by atoms with Gasteiger partial charge < -0.3 is 25.5 Å². The van der Waals surface area contributed by atoms with Crippen molar-refractivity contribution >= 4 is 5.97 Å². The summed E-state index contributed by atoms with van der Waals surface area (Å²) in [5.41, 5.74) is 0. The fourth-order valence-electron chi connectivity index (χ4n) is 3.28. The number of rotatable bonds is 24. The second-order valence-corrected chi connectivity index (χ2v) is 10.4. The molecule has 0 aliphatic carbocycles. The van der Waals surface area contributed by atoms with Gasteiger partial charge in [-0.3, -0.25) is 4.79 Å². The second kappa shape index (κ2) is 63.3. The zero-order chi connectivity index (χ0) is 31.4. The first-order valence-corrected chi connectivity index (χ1v) is 17.1. The van der Waals surface area contributed by atoms with E-state index in [9.17, 15) is 4.79 Å². The molecular formula is C34H76O6Ti. The summed E-state index contributed by atoms with van der Waals surface area (Å²) < 4.78 is 0. The van der Waals surface area contributed by atoms with E-state index in [1.165, 1.54) is 83.5 Å². The average Bonchev–Trinajstić information content (AvgIpc) is 2.94. The molecule has 0 rings (SSSR count). The second-order valence-electron chi connectivity index (χ2n) is 10.4. The molecule has 0 radical (unpaired) electrons. The fourth-order valence-corrected chi connectivity index (χ4v) is 3.28. The van der Waals surface area contributed by atoms with E-state index in [1.54, 1.807) is 0 Å². The summed E-state index contributed by atoms with van der Waals surface area (Å²) in [5, 5.41) is 40.8. The molecule has 5 N–H and O–H groups in total. The number of aliphatic carboxylic acids is 1. The van der Waals surface area contributed by atoms with Crippen LogP contribution in [0.3, 0.4) is 0 Å². The Balaban J connectivity index is -0.000000118. The van der Waals surface area contributed by atoms with E-state index in [0.29, 0.717) is 32.8 Å². The van der Waals surface area contributed by atoms with Gasteiger partial charge in [0.15, 0.2) is 0 Å². The third-order valence-corrected chi connectivity index (χ3v) is 6.04. The van der Waals surface area contributed by atoms with Crippen molar-refractivity contribution in [2.24, 2.45) is 0 Å². The summed E-state index contributed by atoms with van der Waals surface area (Å²) in [4.78, 5) is 10.3. The van der Waals surface area contributed by atoms with E-state index in [4.69, 9.17) is 25.5 Å². The fraction of sp³-hybridized carbons (Fsp3) is 0.971. The molecule has 0 bridgehead atoms. The predicted molar refractivity (Wildman–Crippen MR) is 175 cm³/mol. The molecule has 0 amide bonds. The van der Waals surface area contributed by atoms with Gasteiger partial charge in [-0.1, -0.05) is 150 Å². The summed E-state index contributed by atoms with van der Waals surface area (Å²) in [6.07, 6.45) is 28.4. The van der Waals surface area contributed by atoms with Gasteiger partial charge in [-0.15, -0.1) is 0 Å². The molecule has 0 aliphatic heterocycles. The minimum atomic E-state index is -0.653. The first kappa shape index (κ1) is 53.6. The predicted octanol–water partition coefficient (Wildman–Crippen LogP) is 9.45. The Morgan fingerprint density at radius 1 is 0.366 bits per heavy atom. The molecule has 7 heteroatoms. The smallest absolute Gasteiger partial charge is 0.303 e. The Hall–Kier alpha value is 0.0243. The first-order chi connectivity index (χ1) is 19.4. The number of carboxylic acids is 1. The van der Waals surface area contributed by atoms with Crippen molar-refractivity contribution in [3.63, 3.8) is 0 Å². The number of hydrogen-bond acceptors (Lipinski definition) is 5. The van der Waals surface area contributed by atoms with Crippen LogP contribution in [0.4, 0.5) is 0 Å². The summed E-state index contributed by atoms with van der Waals surface area (Å²) in [7, 11) is 0. The van der Waals surface area contributed by atoms with Gasteiger partial charge in [0.05, 0.1) is 0 Å². The Morgan fingerprint density at radius 3 is 0.707 bits per heavy atom. The Labute approximate surface area is 272 Å². The number of carbonyl (C=O) groups is 1. The molecule has 0 spiro atoms. The molecule has 6 nitrogen and oxygen atoms in total. The molecule has 41 heavy (non-hydrogen) atoms. The minimum absolute atomic E-state index is 0. The van der Waals surface area contributed by atoms with E-state index in [1.807, 2.05) is 0 Å². The Morgan fingerprint density at radius 2 is 0.561 bits per heavy atom. The van der Waals surface area contributed by atoms with Crippen LogP contribution in [0, 0.1) is 0 Å². The van der Waals surface area contributed by atoms with E-state index in [0.717, 1.165) is 64.2 Å². The van der Waals surface area contributed by atoms with Crippen molar-refractivity contribution in [2.75, 3.05) is 26.4 Å². The van der Waals surface area contributed by atoms with Crippen molar-refractivity contribution in [3.8, 4) is 0 Å². The molecular weight excluding hydrogens is 552 g/mol. The SMILES string of the molecule is CCCCCCCCCCCCCCCCCC(=O)O.CCCCO.CCCCO.CCCCO.CCCCO.[Ti]. The van der Waals surface area contributed by atoms with Crippen LogP contribution in [0.25, 0.3) is 0 Å². The maximum atomic E-state index is 10.3. The molecule has 0 aliphatic rings. The summed E-state index contributed by atoms with van der Waals surface area (Å²) in [5.74, 6) is -0.653. The third kappa shape index (κ3) is 92.4. The van der Waals surface area contributed by atoms with Crippen molar-refractivity contribution in [1.82, 2.24) is 0 Å². The molecule has 0 unspecified atom stereocenters. The van der Waals surface area contributed by atoms with Gasteiger partial charge in [-0.25, -0.2) is 0 Å². The third-order valence-electron chi connectivity index (χ3n) is 6.04. The topological polar surface area (TPSA) is 118 Å². The largest absolute Gasteiger partial charge is 0.481 e. The zero-order valence-corrected chi connectivity index (χ0v) is 30.0. The van der Waals surface area contributed by atoms with E-state index in [2.05, 4.69) is 34.6 Å². The standard InChI is InChI=1S/C18H36O2.4C4H10O.Ti/c1-2-3-4-5-6-7-8-9-10-11-12-13-14-15-16-17-18(19)20;4*1-2-3-4-5;/h2-17H2,1H3,(H,19,20);4*5H,2-4H2,1H3;. The van der Waals surface area contributed by atoms with Crippen molar-refractivity contribution in [3.05, 3.63) is 0 Å². The number of aliphatic hydroxyl groups is 4. The average molecular weight is 629 g/mol. The van der Waals surface area contributed by atoms with Gasteiger partial charge >= 0.3 is 5.97 Å². The molecule has 0 aromatic carbocycles. The van der Waals surface area contributed by atoms with Crippen LogP contribution in [0.2, 0.25) is 0 Å². The molecule has 0 heterocycles. The maximum Gasteiger partial charge on any atom is 0.303 e. The first-order valence-electron chi connectivity index (χ1n) is 17.1. The minimum Gasteiger partial charge on any atom is -0.481 e. The van der Waals surface area contributed by atoms with Crippen molar-refractivity contribution in [2.45, 2.75) is 189 Å². The number of carboxylic acid groups (broad SMARTS) is 1. The van der Waals surface area contributed by atoms with Gasteiger partial charge in [-0.2, -0.15) is 0 Å². The van der Waals surface area contributed by atoms with Gasteiger partial charge in [-0.05, 0) is 32.1 Å². The number of unbranched alkanes of at least 4 members (excludes halogenated alkanes) is 18. The normalized spacial score (nSPS) is 9.39. The van der Waals surface area contributed by atoms with Crippen LogP contribution in [0.5, 0.6) is 0 Å². The zero-order valence-electron chi connectivity index (χ0n) is 28.4. The molecule has 0 aromatic rings. The van der Waals surface area contributed by atoms with Crippen molar-refractivity contribution < 1.29 is 52.0 Å². The monoisotopic (exact) mass is 629 g/mol. The Bertz CT molecular complexity index is 341. The van der Waals surface area contributed by atoms with Crippen LogP contribution in [0.15, 0.2) is 0 Å². The van der Waals surface area contributed by atoms with Crippen LogP contribution in [-0.2, 0) is 26.5 Å². The number of aliphatic hydroxyl groups excluding tert-OH is 4. The van der Waals surface area contributed by atoms with Gasteiger partial charge in [0.2, 0.25) is 0 Å². The van der Waals surface area contributed by atoms with E-state index < -0.39 is 5.97 Å². The summed E-state index contributed by atoms with van der Waals surface area (Å²) in [6, 6.07) is 0. The van der Waals surface area contributed by atoms with Gasteiger partial charge in [0, 0.05) is 54.6 Å². The molecule has 0 aromatic heterocycles. The molecule has 0 saturated heterocycles. The quantitative estimate of drug-likeness (QED) is 0.0537. The molecule has 0 saturated carbocycles.